The summed E-state index contributed by atoms with van der Waals surface area (Å²) in [7, 11) is 4.22. The summed E-state index contributed by atoms with van der Waals surface area (Å²) in [4.78, 5) is 2.38. The molecule has 0 aliphatic heterocycles. The van der Waals surface area contributed by atoms with E-state index in [1.807, 2.05) is 7.05 Å². The fourth-order valence-electron chi connectivity index (χ4n) is 2.82. The van der Waals surface area contributed by atoms with E-state index in [1.54, 1.807) is 0 Å². The van der Waals surface area contributed by atoms with Gasteiger partial charge < -0.3 is 10.2 Å². The van der Waals surface area contributed by atoms with Crippen LogP contribution in [0.3, 0.4) is 0 Å². The predicted octanol–water partition coefficient (Wildman–Crippen LogP) is 3.70. The zero-order valence-electron chi connectivity index (χ0n) is 13.6. The molecule has 1 N–H and O–H groups in total. The van der Waals surface area contributed by atoms with Crippen LogP contribution in [0.4, 0.5) is 0 Å². The zero-order chi connectivity index (χ0) is 15.2. The number of benzene rings is 2. The molecule has 0 spiro atoms. The Bertz CT molecular complexity index is 577. The maximum atomic E-state index is 3.45. The first-order chi connectivity index (χ1) is 10.1. The molecule has 0 amide bonds. The number of nitrogens with zero attached hydrogens (tertiary/aromatic N) is 1. The Kier molecular flexibility index (Phi) is 5.54. The molecule has 1 unspecified atom stereocenters. The number of nitrogens with one attached hydrogen (secondary N) is 1. The van der Waals surface area contributed by atoms with Gasteiger partial charge in [-0.15, -0.1) is 0 Å². The summed E-state index contributed by atoms with van der Waals surface area (Å²) in [5.74, 6) is 0. The molecule has 2 heteroatoms. The minimum atomic E-state index is 0.362. The fraction of sp³-hybridized carbons (Fsp3) is 0.368. The lowest BCUT2D eigenvalue weighted by molar-refractivity contribution is 0.289. The first-order valence-corrected chi connectivity index (χ1v) is 7.57. The average molecular weight is 282 g/mol. The van der Waals surface area contributed by atoms with Gasteiger partial charge in [0.15, 0.2) is 0 Å². The van der Waals surface area contributed by atoms with Crippen LogP contribution in [0.15, 0.2) is 48.5 Å². The normalized spacial score (nSPS) is 12.6. The largest absolute Gasteiger partial charge is 0.312 e. The number of aryl methyl sites for hydroxylation is 2. The van der Waals surface area contributed by atoms with Crippen molar-refractivity contribution in [2.75, 3.05) is 20.6 Å². The lowest BCUT2D eigenvalue weighted by Gasteiger charge is -2.25. The predicted molar refractivity (Wildman–Crippen MR) is 90.5 cm³/mol. The maximum Gasteiger partial charge on any atom is 0.0449 e. The van der Waals surface area contributed by atoms with Crippen molar-refractivity contribution in [3.8, 4) is 0 Å². The van der Waals surface area contributed by atoms with E-state index in [2.05, 4.69) is 79.6 Å². The van der Waals surface area contributed by atoms with E-state index < -0.39 is 0 Å². The summed E-state index contributed by atoms with van der Waals surface area (Å²) >= 11 is 0. The second-order valence-corrected chi connectivity index (χ2v) is 5.88. The lowest BCUT2D eigenvalue weighted by Crippen LogP contribution is -2.31. The highest BCUT2D eigenvalue weighted by Gasteiger charge is 2.14. The van der Waals surface area contributed by atoms with Crippen molar-refractivity contribution in [2.45, 2.75) is 26.4 Å². The molecule has 112 valence electrons. The van der Waals surface area contributed by atoms with Crippen LogP contribution in [-0.4, -0.2) is 25.5 Å². The minimum Gasteiger partial charge on any atom is -0.312 e. The van der Waals surface area contributed by atoms with Crippen LogP contribution in [0.1, 0.15) is 28.3 Å². The SMILES string of the molecule is CNC(CN(C)Cc1cccc(C)c1)c1ccccc1C. The number of rotatable bonds is 6. The van der Waals surface area contributed by atoms with E-state index in [0.717, 1.165) is 13.1 Å². The third-order valence-electron chi connectivity index (χ3n) is 3.94. The van der Waals surface area contributed by atoms with Gasteiger partial charge in [-0.3, -0.25) is 0 Å². The molecular formula is C19H26N2. The smallest absolute Gasteiger partial charge is 0.0449 e. The summed E-state index contributed by atoms with van der Waals surface area (Å²) in [6.07, 6.45) is 0. The van der Waals surface area contributed by atoms with E-state index >= 15 is 0 Å². The first kappa shape index (κ1) is 15.7. The molecule has 0 aliphatic rings. The molecule has 0 heterocycles. The Morgan fingerprint density at radius 2 is 1.81 bits per heavy atom. The topological polar surface area (TPSA) is 15.3 Å². The van der Waals surface area contributed by atoms with Crippen LogP contribution >= 0.6 is 0 Å². The molecule has 1 atom stereocenters. The van der Waals surface area contributed by atoms with Gasteiger partial charge in [0.05, 0.1) is 0 Å². The number of hydrogen-bond donors (Lipinski definition) is 1. The summed E-state index contributed by atoms with van der Waals surface area (Å²) < 4.78 is 0. The zero-order valence-corrected chi connectivity index (χ0v) is 13.6. The molecule has 2 nitrogen and oxygen atoms in total. The van der Waals surface area contributed by atoms with Gasteiger partial charge in [0.2, 0.25) is 0 Å². The van der Waals surface area contributed by atoms with Crippen molar-refractivity contribution in [3.63, 3.8) is 0 Å². The molecule has 2 aromatic rings. The van der Waals surface area contributed by atoms with Crippen LogP contribution < -0.4 is 5.32 Å². The fourth-order valence-corrected chi connectivity index (χ4v) is 2.82. The Labute approximate surface area is 128 Å². The molecule has 0 aromatic heterocycles. The Balaban J connectivity index is 2.03. The molecule has 0 bridgehead atoms. The van der Waals surface area contributed by atoms with E-state index in [4.69, 9.17) is 0 Å². The molecule has 0 aliphatic carbocycles. The lowest BCUT2D eigenvalue weighted by atomic mass is 10.0. The molecule has 2 rings (SSSR count). The van der Waals surface area contributed by atoms with Crippen molar-refractivity contribution >= 4 is 0 Å². The van der Waals surface area contributed by atoms with Crippen LogP contribution in [-0.2, 0) is 6.54 Å². The monoisotopic (exact) mass is 282 g/mol. The van der Waals surface area contributed by atoms with Crippen LogP contribution in [0.25, 0.3) is 0 Å². The quantitative estimate of drug-likeness (QED) is 0.869. The van der Waals surface area contributed by atoms with E-state index in [9.17, 15) is 0 Å². The molecule has 2 aromatic carbocycles. The summed E-state index contributed by atoms with van der Waals surface area (Å²) in [5, 5.41) is 3.45. The molecule has 0 saturated carbocycles. The van der Waals surface area contributed by atoms with Gasteiger partial charge in [0.25, 0.3) is 0 Å². The highest BCUT2D eigenvalue weighted by Crippen LogP contribution is 2.18. The van der Waals surface area contributed by atoms with E-state index in [1.165, 1.54) is 22.3 Å². The Morgan fingerprint density at radius 3 is 2.48 bits per heavy atom. The molecular weight excluding hydrogens is 256 g/mol. The third-order valence-corrected chi connectivity index (χ3v) is 3.94. The van der Waals surface area contributed by atoms with Crippen molar-refractivity contribution in [1.82, 2.24) is 10.2 Å². The van der Waals surface area contributed by atoms with Gasteiger partial charge in [-0.1, -0.05) is 54.1 Å². The van der Waals surface area contributed by atoms with Gasteiger partial charge in [-0.25, -0.2) is 0 Å². The van der Waals surface area contributed by atoms with E-state index in [-0.39, 0.29) is 0 Å². The molecule has 0 saturated heterocycles. The highest BCUT2D eigenvalue weighted by atomic mass is 15.1. The average Bonchev–Trinajstić information content (AvgIpc) is 2.45. The van der Waals surface area contributed by atoms with Crippen molar-refractivity contribution in [2.24, 2.45) is 0 Å². The van der Waals surface area contributed by atoms with Crippen LogP contribution in [0, 0.1) is 13.8 Å². The van der Waals surface area contributed by atoms with Crippen molar-refractivity contribution < 1.29 is 0 Å². The van der Waals surface area contributed by atoms with Crippen LogP contribution in [0.5, 0.6) is 0 Å². The summed E-state index contributed by atoms with van der Waals surface area (Å²) in [5.41, 5.74) is 5.43. The van der Waals surface area contributed by atoms with Crippen molar-refractivity contribution in [3.05, 3.63) is 70.8 Å². The van der Waals surface area contributed by atoms with Crippen LogP contribution in [0.2, 0.25) is 0 Å². The second kappa shape index (κ2) is 7.39. The van der Waals surface area contributed by atoms with Gasteiger partial charge in [0.1, 0.15) is 0 Å². The van der Waals surface area contributed by atoms with Gasteiger partial charge in [-0.05, 0) is 44.6 Å². The second-order valence-electron chi connectivity index (χ2n) is 5.88. The Hall–Kier alpha value is -1.64. The standard InChI is InChI=1S/C19H26N2/c1-15-8-7-10-17(12-15)13-21(4)14-19(20-3)18-11-6-5-9-16(18)2/h5-12,19-20H,13-14H2,1-4H3. The minimum absolute atomic E-state index is 0.362. The first-order valence-electron chi connectivity index (χ1n) is 7.57. The van der Waals surface area contributed by atoms with E-state index in [0.29, 0.717) is 6.04 Å². The third kappa shape index (κ3) is 4.42. The van der Waals surface area contributed by atoms with Gasteiger partial charge in [-0.2, -0.15) is 0 Å². The van der Waals surface area contributed by atoms with Gasteiger partial charge >= 0.3 is 0 Å². The summed E-state index contributed by atoms with van der Waals surface area (Å²) in [6.45, 7) is 6.30. The molecule has 21 heavy (non-hydrogen) atoms. The Morgan fingerprint density at radius 1 is 1.05 bits per heavy atom. The summed E-state index contributed by atoms with van der Waals surface area (Å²) in [6, 6.07) is 17.7. The number of likely N-dealkylation sites (N-methyl/N-ethyl adjacent to an activating group) is 2. The highest BCUT2D eigenvalue weighted by molar-refractivity contribution is 5.29. The van der Waals surface area contributed by atoms with Gasteiger partial charge in [0, 0.05) is 19.1 Å². The molecule has 0 radical (unpaired) electrons. The molecule has 0 fully saturated rings. The number of hydrogen-bond acceptors (Lipinski definition) is 2. The maximum absolute atomic E-state index is 3.45. The van der Waals surface area contributed by atoms with Crippen molar-refractivity contribution in [1.29, 1.82) is 0 Å².